The molecule has 1 aliphatic rings. The summed E-state index contributed by atoms with van der Waals surface area (Å²) in [6, 6.07) is 6.90. The van der Waals surface area contributed by atoms with Crippen LogP contribution in [0.3, 0.4) is 0 Å². The van der Waals surface area contributed by atoms with Gasteiger partial charge in [0.05, 0.1) is 25.0 Å². The maximum absolute atomic E-state index is 13.7. The van der Waals surface area contributed by atoms with Crippen molar-refractivity contribution in [3.63, 3.8) is 0 Å². The molecular formula is C18H22FN3O3. The number of likely N-dealkylation sites (tertiary alicyclic amines) is 1. The summed E-state index contributed by atoms with van der Waals surface area (Å²) in [7, 11) is 0. The number of aliphatic hydroxyl groups excluding tert-OH is 1. The van der Waals surface area contributed by atoms with Crippen molar-refractivity contribution in [1.29, 1.82) is 5.26 Å². The number of carbonyl (C=O) groups excluding carboxylic acids is 2. The van der Waals surface area contributed by atoms with Gasteiger partial charge in [-0.25, -0.2) is 4.39 Å². The maximum Gasteiger partial charge on any atom is 0.243 e. The molecule has 2 amide bonds. The molecule has 0 radical (unpaired) electrons. The zero-order valence-corrected chi connectivity index (χ0v) is 14.1. The fourth-order valence-electron chi connectivity index (χ4n) is 2.95. The molecule has 1 aliphatic heterocycles. The lowest BCUT2D eigenvalue weighted by Crippen LogP contribution is -2.49. The first-order chi connectivity index (χ1) is 12.0. The molecule has 0 bridgehead atoms. The van der Waals surface area contributed by atoms with E-state index in [-0.39, 0.29) is 43.3 Å². The van der Waals surface area contributed by atoms with E-state index in [1.54, 1.807) is 12.1 Å². The number of nitrogens with zero attached hydrogens (tertiary/aromatic N) is 2. The van der Waals surface area contributed by atoms with Crippen LogP contribution in [0.15, 0.2) is 24.3 Å². The fraction of sp³-hybridized carbons (Fsp3) is 0.500. The van der Waals surface area contributed by atoms with Crippen LogP contribution in [0.2, 0.25) is 0 Å². The van der Waals surface area contributed by atoms with Gasteiger partial charge in [0.15, 0.2) is 0 Å². The van der Waals surface area contributed by atoms with Gasteiger partial charge in [-0.05, 0) is 18.1 Å². The molecule has 1 fully saturated rings. The van der Waals surface area contributed by atoms with Gasteiger partial charge in [-0.2, -0.15) is 5.26 Å². The number of halogens is 1. The molecule has 1 aromatic carbocycles. The van der Waals surface area contributed by atoms with Crippen LogP contribution in [0.25, 0.3) is 0 Å². The predicted octanol–water partition coefficient (Wildman–Crippen LogP) is 1.14. The zero-order chi connectivity index (χ0) is 18.4. The lowest BCUT2D eigenvalue weighted by Gasteiger charge is -2.25. The van der Waals surface area contributed by atoms with E-state index in [0.29, 0.717) is 6.42 Å². The third kappa shape index (κ3) is 4.77. The first-order valence-corrected chi connectivity index (χ1v) is 8.34. The number of β-amino-alcohol motifs (C(OH)–C–C–N with tert-alkyl or cyclic N) is 1. The third-order valence-electron chi connectivity index (χ3n) is 4.38. The van der Waals surface area contributed by atoms with E-state index in [1.165, 1.54) is 17.0 Å². The van der Waals surface area contributed by atoms with Crippen LogP contribution in [-0.2, 0) is 16.0 Å². The molecule has 3 atom stereocenters. The van der Waals surface area contributed by atoms with E-state index in [1.807, 2.05) is 13.0 Å². The Labute approximate surface area is 146 Å². The van der Waals surface area contributed by atoms with Crippen molar-refractivity contribution < 1.29 is 19.1 Å². The Bertz CT molecular complexity index is 674. The van der Waals surface area contributed by atoms with E-state index < -0.39 is 23.9 Å². The number of nitrogens with one attached hydrogen (secondary N) is 1. The van der Waals surface area contributed by atoms with Crippen molar-refractivity contribution in [3.8, 4) is 6.07 Å². The predicted molar refractivity (Wildman–Crippen MR) is 88.7 cm³/mol. The first-order valence-electron chi connectivity index (χ1n) is 8.34. The molecule has 2 rings (SSSR count). The van der Waals surface area contributed by atoms with Gasteiger partial charge in [0.2, 0.25) is 11.8 Å². The van der Waals surface area contributed by atoms with Gasteiger partial charge in [0, 0.05) is 19.0 Å². The zero-order valence-electron chi connectivity index (χ0n) is 14.1. The van der Waals surface area contributed by atoms with Crippen LogP contribution in [0.4, 0.5) is 4.39 Å². The van der Waals surface area contributed by atoms with Crippen molar-refractivity contribution in [2.75, 3.05) is 6.54 Å². The molecule has 1 heterocycles. The standard InChI is InChI=1S/C18H22FN3O3/c1-2-13(7-8-20)21-18(25)16-10-14(23)11-22(16)17(24)9-12-5-3-4-6-15(12)19/h3-6,13-14,16,23H,2,7,9-11H2,1H3,(H,21,25). The molecule has 134 valence electrons. The molecule has 0 saturated carbocycles. The molecule has 3 unspecified atom stereocenters. The first kappa shape index (κ1) is 18.9. The summed E-state index contributed by atoms with van der Waals surface area (Å²) in [5.41, 5.74) is 0.254. The van der Waals surface area contributed by atoms with Crippen LogP contribution in [-0.4, -0.2) is 46.6 Å². The van der Waals surface area contributed by atoms with Crippen molar-refractivity contribution in [2.45, 2.75) is 50.8 Å². The van der Waals surface area contributed by atoms with E-state index >= 15 is 0 Å². The summed E-state index contributed by atoms with van der Waals surface area (Å²) < 4.78 is 13.7. The van der Waals surface area contributed by atoms with Crippen LogP contribution in [0.5, 0.6) is 0 Å². The second kappa shape index (κ2) is 8.58. The summed E-state index contributed by atoms with van der Waals surface area (Å²) in [5, 5.41) is 21.4. The van der Waals surface area contributed by atoms with E-state index in [4.69, 9.17) is 5.26 Å². The Morgan fingerprint density at radius 3 is 2.84 bits per heavy atom. The smallest absolute Gasteiger partial charge is 0.243 e. The maximum atomic E-state index is 13.7. The molecule has 7 heteroatoms. The Kier molecular flexibility index (Phi) is 6.48. The van der Waals surface area contributed by atoms with E-state index in [9.17, 15) is 19.1 Å². The van der Waals surface area contributed by atoms with E-state index in [0.717, 1.165) is 0 Å². The van der Waals surface area contributed by atoms with Gasteiger partial charge in [0.1, 0.15) is 11.9 Å². The van der Waals surface area contributed by atoms with Gasteiger partial charge in [-0.15, -0.1) is 0 Å². The summed E-state index contributed by atoms with van der Waals surface area (Å²) in [4.78, 5) is 26.3. The van der Waals surface area contributed by atoms with Gasteiger partial charge >= 0.3 is 0 Å². The Morgan fingerprint density at radius 2 is 2.20 bits per heavy atom. The van der Waals surface area contributed by atoms with Gasteiger partial charge in [-0.3, -0.25) is 9.59 Å². The molecule has 0 aromatic heterocycles. The summed E-state index contributed by atoms with van der Waals surface area (Å²) in [5.74, 6) is -1.27. The number of amides is 2. The van der Waals surface area contributed by atoms with Crippen molar-refractivity contribution in [2.24, 2.45) is 0 Å². The van der Waals surface area contributed by atoms with Gasteiger partial charge < -0.3 is 15.3 Å². The molecular weight excluding hydrogens is 325 g/mol. The molecule has 0 aliphatic carbocycles. The number of benzene rings is 1. The molecule has 25 heavy (non-hydrogen) atoms. The van der Waals surface area contributed by atoms with Gasteiger partial charge in [0.25, 0.3) is 0 Å². The normalized spacial score (nSPS) is 20.8. The van der Waals surface area contributed by atoms with Crippen molar-refractivity contribution >= 4 is 11.8 Å². The minimum atomic E-state index is -0.804. The summed E-state index contributed by atoms with van der Waals surface area (Å²) in [6.07, 6.45) is -0.0502. The molecule has 0 spiro atoms. The summed E-state index contributed by atoms with van der Waals surface area (Å²) >= 11 is 0. The quantitative estimate of drug-likeness (QED) is 0.807. The Morgan fingerprint density at radius 1 is 1.48 bits per heavy atom. The van der Waals surface area contributed by atoms with Gasteiger partial charge in [-0.1, -0.05) is 25.1 Å². The number of rotatable bonds is 6. The lowest BCUT2D eigenvalue weighted by molar-refractivity contribution is -0.138. The van der Waals surface area contributed by atoms with Crippen LogP contribution in [0.1, 0.15) is 31.7 Å². The van der Waals surface area contributed by atoms with E-state index in [2.05, 4.69) is 5.32 Å². The largest absolute Gasteiger partial charge is 0.391 e. The van der Waals surface area contributed by atoms with Crippen molar-refractivity contribution in [3.05, 3.63) is 35.6 Å². The monoisotopic (exact) mass is 347 g/mol. The third-order valence-corrected chi connectivity index (χ3v) is 4.38. The summed E-state index contributed by atoms with van der Waals surface area (Å²) in [6.45, 7) is 1.90. The average Bonchev–Trinajstić information content (AvgIpc) is 2.98. The number of aliphatic hydroxyl groups is 1. The number of hydrogen-bond acceptors (Lipinski definition) is 4. The van der Waals surface area contributed by atoms with Crippen LogP contribution >= 0.6 is 0 Å². The second-order valence-electron chi connectivity index (χ2n) is 6.20. The molecule has 2 N–H and O–H groups in total. The molecule has 1 aromatic rings. The molecule has 6 nitrogen and oxygen atoms in total. The topological polar surface area (TPSA) is 93.4 Å². The van der Waals surface area contributed by atoms with Crippen LogP contribution in [0, 0.1) is 17.1 Å². The fourth-order valence-corrected chi connectivity index (χ4v) is 2.95. The highest BCUT2D eigenvalue weighted by Gasteiger charge is 2.39. The average molecular weight is 347 g/mol. The molecule has 1 saturated heterocycles. The van der Waals surface area contributed by atoms with Crippen LogP contribution < -0.4 is 5.32 Å². The Balaban J connectivity index is 2.07. The second-order valence-corrected chi connectivity index (χ2v) is 6.20. The number of nitriles is 1. The minimum absolute atomic E-state index is 0.0421. The minimum Gasteiger partial charge on any atom is -0.391 e. The lowest BCUT2D eigenvalue weighted by atomic mass is 10.1. The Hall–Kier alpha value is -2.46. The highest BCUT2D eigenvalue weighted by molar-refractivity contribution is 5.89. The SMILES string of the molecule is CCC(CC#N)NC(=O)C1CC(O)CN1C(=O)Cc1ccccc1F. The van der Waals surface area contributed by atoms with Crippen molar-refractivity contribution in [1.82, 2.24) is 10.2 Å². The highest BCUT2D eigenvalue weighted by atomic mass is 19.1. The highest BCUT2D eigenvalue weighted by Crippen LogP contribution is 2.20. The number of carbonyl (C=O) groups is 2. The number of hydrogen-bond donors (Lipinski definition) is 2.